The summed E-state index contributed by atoms with van der Waals surface area (Å²) in [4.78, 5) is 18.0. The number of hydrogen-bond donors (Lipinski definition) is 1. The highest BCUT2D eigenvalue weighted by atomic mass is 16.7. The van der Waals surface area contributed by atoms with Crippen LogP contribution in [0.4, 0.5) is 10.5 Å². The number of hydroxylamine groups is 1. The summed E-state index contributed by atoms with van der Waals surface area (Å²) in [5.41, 5.74) is 2.65. The molecule has 6 heteroatoms. The molecule has 0 unspecified atom stereocenters. The summed E-state index contributed by atoms with van der Waals surface area (Å²) in [5, 5.41) is 9.08. The second kappa shape index (κ2) is 6.82. The van der Waals surface area contributed by atoms with E-state index in [0.717, 1.165) is 4.90 Å². The van der Waals surface area contributed by atoms with Crippen LogP contribution >= 0.6 is 0 Å². The van der Waals surface area contributed by atoms with Crippen molar-refractivity contribution in [2.24, 2.45) is 0 Å². The molecule has 6 nitrogen and oxygen atoms in total. The fourth-order valence-electron chi connectivity index (χ4n) is 1.64. The number of urea groups is 1. The van der Waals surface area contributed by atoms with E-state index < -0.39 is 6.03 Å². The summed E-state index contributed by atoms with van der Waals surface area (Å²) < 4.78 is 5.09. The third kappa shape index (κ3) is 3.42. The van der Waals surface area contributed by atoms with Gasteiger partial charge in [0.15, 0.2) is 17.7 Å². The van der Waals surface area contributed by atoms with E-state index >= 15 is 0 Å². The predicted molar refractivity (Wildman–Crippen MR) is 76.7 cm³/mol. The van der Waals surface area contributed by atoms with Crippen molar-refractivity contribution in [2.75, 3.05) is 12.0 Å². The van der Waals surface area contributed by atoms with Crippen LogP contribution in [0.1, 0.15) is 0 Å². The van der Waals surface area contributed by atoms with E-state index in [9.17, 15) is 4.79 Å². The fourth-order valence-corrected chi connectivity index (χ4v) is 1.64. The van der Waals surface area contributed by atoms with Crippen molar-refractivity contribution in [1.82, 2.24) is 5.48 Å². The maximum Gasteiger partial charge on any atom is 0.368 e. The average molecular weight is 283 g/mol. The number of rotatable bonds is 4. The number of amides is 2. The number of ether oxygens (including phenoxy) is 1. The number of carbonyl (C=O) groups is 1. The van der Waals surface area contributed by atoms with E-state index in [1.807, 2.05) is 0 Å². The average Bonchev–Trinajstić information content (AvgIpc) is 2.55. The molecule has 0 aliphatic carbocycles. The van der Waals surface area contributed by atoms with E-state index in [0.29, 0.717) is 17.2 Å². The van der Waals surface area contributed by atoms with Gasteiger partial charge in [-0.3, -0.25) is 0 Å². The lowest BCUT2D eigenvalue weighted by molar-refractivity contribution is 0.181. The zero-order valence-electron chi connectivity index (χ0n) is 11.3. The minimum atomic E-state index is -0.699. The molecular weight excluding hydrogens is 270 g/mol. The van der Waals surface area contributed by atoms with Gasteiger partial charge in [-0.1, -0.05) is 30.3 Å². The Hall–Kier alpha value is -3.20. The molecule has 0 saturated carbocycles. The van der Waals surface area contributed by atoms with Gasteiger partial charge in [0.2, 0.25) is 0 Å². The third-order valence-corrected chi connectivity index (χ3v) is 2.63. The highest BCUT2D eigenvalue weighted by Gasteiger charge is 2.16. The number of nitrogens with one attached hydrogen (secondary N) is 1. The van der Waals surface area contributed by atoms with Crippen molar-refractivity contribution < 1.29 is 14.4 Å². The van der Waals surface area contributed by atoms with Crippen molar-refractivity contribution in [1.29, 1.82) is 5.26 Å². The highest BCUT2D eigenvalue weighted by Crippen LogP contribution is 2.25. The second-order valence-electron chi connectivity index (χ2n) is 3.93. The molecule has 0 aliphatic heterocycles. The number of nitrogens with zero attached hydrogens (tertiary/aromatic N) is 2. The molecule has 0 atom stereocenters. The van der Waals surface area contributed by atoms with Crippen molar-refractivity contribution >= 4 is 11.7 Å². The minimum Gasteiger partial charge on any atom is -0.493 e. The number of anilines is 1. The first-order chi connectivity index (χ1) is 10.3. The molecule has 0 radical (unpaired) electrons. The largest absolute Gasteiger partial charge is 0.493 e. The molecule has 2 rings (SSSR count). The lowest BCUT2D eigenvalue weighted by Gasteiger charge is -2.15. The van der Waals surface area contributed by atoms with Crippen molar-refractivity contribution in [2.45, 2.75) is 0 Å². The SMILES string of the molecule is COc1ccccc1ONC(=O)N(C#N)c1ccccc1. The molecule has 0 spiro atoms. The number of para-hydroxylation sites is 3. The smallest absolute Gasteiger partial charge is 0.368 e. The zero-order chi connectivity index (χ0) is 15.1. The molecule has 2 amide bonds. The summed E-state index contributed by atoms with van der Waals surface area (Å²) in [6.45, 7) is 0. The van der Waals surface area contributed by atoms with Crippen LogP contribution < -0.4 is 20.0 Å². The molecule has 0 aromatic heterocycles. The number of benzene rings is 2. The van der Waals surface area contributed by atoms with E-state index in [1.165, 1.54) is 7.11 Å². The Morgan fingerprint density at radius 3 is 2.33 bits per heavy atom. The van der Waals surface area contributed by atoms with Gasteiger partial charge in [-0.25, -0.2) is 4.79 Å². The van der Waals surface area contributed by atoms with Crippen LogP contribution in [0.15, 0.2) is 54.6 Å². The van der Waals surface area contributed by atoms with E-state index in [2.05, 4.69) is 5.48 Å². The number of carbonyl (C=O) groups excluding carboxylic acids is 1. The molecular formula is C15H13N3O3. The van der Waals surface area contributed by atoms with Gasteiger partial charge in [0, 0.05) is 0 Å². The number of hydrogen-bond acceptors (Lipinski definition) is 4. The Labute approximate surface area is 122 Å². The van der Waals surface area contributed by atoms with Crippen LogP contribution in [0.5, 0.6) is 11.5 Å². The Bertz CT molecular complexity index is 653. The molecule has 1 N–H and O–H groups in total. The minimum absolute atomic E-state index is 0.347. The van der Waals surface area contributed by atoms with Crippen molar-refractivity contribution in [3.05, 3.63) is 54.6 Å². The van der Waals surface area contributed by atoms with Crippen LogP contribution in [0.3, 0.4) is 0 Å². The van der Waals surface area contributed by atoms with Gasteiger partial charge in [-0.05, 0) is 24.3 Å². The molecule has 0 saturated heterocycles. The Morgan fingerprint density at radius 1 is 1.10 bits per heavy atom. The first-order valence-electron chi connectivity index (χ1n) is 6.11. The van der Waals surface area contributed by atoms with Crippen LogP contribution in [0.2, 0.25) is 0 Å². The predicted octanol–water partition coefficient (Wildman–Crippen LogP) is 2.69. The number of nitriles is 1. The maximum atomic E-state index is 12.0. The summed E-state index contributed by atoms with van der Waals surface area (Å²) in [7, 11) is 1.50. The molecule has 0 fully saturated rings. The molecule has 21 heavy (non-hydrogen) atoms. The molecule has 0 aliphatic rings. The number of methoxy groups -OCH3 is 1. The van der Waals surface area contributed by atoms with Gasteiger partial charge in [0.1, 0.15) is 0 Å². The Morgan fingerprint density at radius 2 is 1.71 bits per heavy atom. The molecule has 0 bridgehead atoms. The van der Waals surface area contributed by atoms with E-state index in [4.69, 9.17) is 14.8 Å². The first-order valence-corrected chi connectivity index (χ1v) is 6.11. The summed E-state index contributed by atoms with van der Waals surface area (Å²) in [6.07, 6.45) is 1.79. The highest BCUT2D eigenvalue weighted by molar-refractivity contribution is 5.94. The first kappa shape index (κ1) is 14.2. The Kier molecular flexibility index (Phi) is 4.62. The van der Waals surface area contributed by atoms with Gasteiger partial charge >= 0.3 is 6.03 Å². The van der Waals surface area contributed by atoms with Crippen LogP contribution in [0.25, 0.3) is 0 Å². The lowest BCUT2D eigenvalue weighted by atomic mass is 10.3. The van der Waals surface area contributed by atoms with Gasteiger partial charge in [0.05, 0.1) is 12.8 Å². The molecule has 2 aromatic rings. The maximum absolute atomic E-state index is 12.0. The Balaban J connectivity index is 2.06. The molecule has 106 valence electrons. The van der Waals surface area contributed by atoms with E-state index in [-0.39, 0.29) is 0 Å². The van der Waals surface area contributed by atoms with Crippen molar-refractivity contribution in [3.8, 4) is 17.7 Å². The quantitative estimate of drug-likeness (QED) is 0.532. The third-order valence-electron chi connectivity index (χ3n) is 2.63. The lowest BCUT2D eigenvalue weighted by Crippen LogP contribution is -2.38. The normalized spacial score (nSPS) is 9.33. The summed E-state index contributed by atoms with van der Waals surface area (Å²) >= 11 is 0. The topological polar surface area (TPSA) is 74.6 Å². The summed E-state index contributed by atoms with van der Waals surface area (Å²) in [5.74, 6) is 0.820. The zero-order valence-corrected chi connectivity index (χ0v) is 11.3. The van der Waals surface area contributed by atoms with Gasteiger partial charge in [-0.2, -0.15) is 15.6 Å². The molecule has 2 aromatic carbocycles. The summed E-state index contributed by atoms with van der Waals surface area (Å²) in [6, 6.07) is 14.7. The van der Waals surface area contributed by atoms with Gasteiger partial charge in [-0.15, -0.1) is 0 Å². The molecule has 0 heterocycles. The second-order valence-corrected chi connectivity index (χ2v) is 3.93. The standard InChI is InChI=1S/C15H13N3O3/c1-20-13-9-5-6-10-14(13)21-17-15(19)18(11-16)12-7-3-2-4-8-12/h2-10H,1H3,(H,17,19). The fraction of sp³-hybridized carbons (Fsp3) is 0.0667. The van der Waals surface area contributed by atoms with Gasteiger partial charge < -0.3 is 9.57 Å². The van der Waals surface area contributed by atoms with Gasteiger partial charge in [0.25, 0.3) is 0 Å². The van der Waals surface area contributed by atoms with E-state index in [1.54, 1.807) is 60.8 Å². The van der Waals surface area contributed by atoms with Crippen molar-refractivity contribution in [3.63, 3.8) is 0 Å². The van der Waals surface area contributed by atoms with Crippen LogP contribution in [0, 0.1) is 11.5 Å². The van der Waals surface area contributed by atoms with Crippen LogP contribution in [-0.2, 0) is 0 Å². The van der Waals surface area contributed by atoms with Crippen LogP contribution in [-0.4, -0.2) is 13.1 Å². The monoisotopic (exact) mass is 283 g/mol.